The van der Waals surface area contributed by atoms with Crippen molar-refractivity contribution in [2.24, 2.45) is 0 Å². The fourth-order valence-corrected chi connectivity index (χ4v) is 3.37. The summed E-state index contributed by atoms with van der Waals surface area (Å²) < 4.78 is 12.9. The minimum Gasteiger partial charge on any atom is -0.297 e. The molecular formula is C16H12FN3OS2. The van der Waals surface area contributed by atoms with E-state index in [0.717, 1.165) is 20.3 Å². The zero-order valence-corrected chi connectivity index (χ0v) is 13.7. The summed E-state index contributed by atoms with van der Waals surface area (Å²) in [6.45, 7) is 1.83. The Labute approximate surface area is 140 Å². The molecule has 3 aromatic rings. The molecule has 0 aliphatic carbocycles. The molecule has 1 amide bonds. The van der Waals surface area contributed by atoms with E-state index in [4.69, 9.17) is 0 Å². The predicted molar refractivity (Wildman–Crippen MR) is 92.0 cm³/mol. The van der Waals surface area contributed by atoms with Gasteiger partial charge < -0.3 is 0 Å². The number of anilines is 1. The van der Waals surface area contributed by atoms with Crippen molar-refractivity contribution in [3.05, 3.63) is 58.2 Å². The van der Waals surface area contributed by atoms with Crippen LogP contribution in [0, 0.1) is 12.7 Å². The van der Waals surface area contributed by atoms with E-state index in [1.807, 2.05) is 19.1 Å². The first-order valence-corrected chi connectivity index (χ1v) is 8.38. The normalized spacial score (nSPS) is 11.0. The molecule has 2 heterocycles. The summed E-state index contributed by atoms with van der Waals surface area (Å²) in [6, 6.07) is 10.2. The van der Waals surface area contributed by atoms with Crippen LogP contribution in [0.4, 0.5) is 9.52 Å². The number of carbonyl (C=O) groups excluding carboxylic acids is 1. The number of benzene rings is 1. The van der Waals surface area contributed by atoms with Crippen molar-refractivity contribution in [3.8, 4) is 10.4 Å². The van der Waals surface area contributed by atoms with Crippen molar-refractivity contribution < 1.29 is 9.18 Å². The molecule has 3 rings (SSSR count). The highest BCUT2D eigenvalue weighted by molar-refractivity contribution is 7.16. The minimum absolute atomic E-state index is 0.252. The standard InChI is InChI=1S/C16H12FN3OS2/c1-10-19-20-16(22-10)18-15(21)9-7-13-6-8-14(23-13)11-2-4-12(17)5-3-11/h2-9H,1H3,(H,18,20,21)/b9-7+. The van der Waals surface area contributed by atoms with Gasteiger partial charge in [0.15, 0.2) is 0 Å². The third kappa shape index (κ3) is 4.08. The van der Waals surface area contributed by atoms with Crippen molar-refractivity contribution in [2.45, 2.75) is 6.92 Å². The second-order valence-electron chi connectivity index (χ2n) is 4.66. The molecule has 7 heteroatoms. The lowest BCUT2D eigenvalue weighted by Crippen LogP contribution is -2.07. The average molecular weight is 345 g/mol. The lowest BCUT2D eigenvalue weighted by Gasteiger charge is -1.96. The van der Waals surface area contributed by atoms with Gasteiger partial charge in [-0.1, -0.05) is 23.5 Å². The zero-order valence-electron chi connectivity index (χ0n) is 12.1. The van der Waals surface area contributed by atoms with Crippen molar-refractivity contribution >= 4 is 39.8 Å². The van der Waals surface area contributed by atoms with Crippen LogP contribution in [0.5, 0.6) is 0 Å². The van der Waals surface area contributed by atoms with Crippen LogP contribution in [0.15, 0.2) is 42.5 Å². The molecule has 0 saturated carbocycles. The average Bonchev–Trinajstić information content (AvgIpc) is 3.15. The second-order valence-corrected chi connectivity index (χ2v) is 6.95. The molecule has 0 bridgehead atoms. The van der Waals surface area contributed by atoms with Crippen molar-refractivity contribution in [1.82, 2.24) is 10.2 Å². The molecule has 0 saturated heterocycles. The highest BCUT2D eigenvalue weighted by Gasteiger charge is 2.04. The fourth-order valence-electron chi connectivity index (χ4n) is 1.86. The van der Waals surface area contributed by atoms with Crippen molar-refractivity contribution in [3.63, 3.8) is 0 Å². The van der Waals surface area contributed by atoms with Crippen LogP contribution < -0.4 is 5.32 Å². The monoisotopic (exact) mass is 345 g/mol. The SMILES string of the molecule is Cc1nnc(NC(=O)/C=C/c2ccc(-c3ccc(F)cc3)s2)s1. The molecule has 23 heavy (non-hydrogen) atoms. The molecule has 4 nitrogen and oxygen atoms in total. The van der Waals surface area contributed by atoms with Crippen LogP contribution in [0.25, 0.3) is 16.5 Å². The molecular weight excluding hydrogens is 333 g/mol. The van der Waals surface area contributed by atoms with Crippen molar-refractivity contribution in [1.29, 1.82) is 0 Å². The Hall–Kier alpha value is -2.38. The van der Waals surface area contributed by atoms with E-state index in [9.17, 15) is 9.18 Å². The first kappa shape index (κ1) is 15.5. The fraction of sp³-hybridized carbons (Fsp3) is 0.0625. The number of nitrogens with zero attached hydrogens (tertiary/aromatic N) is 2. The van der Waals surface area contributed by atoms with E-state index in [0.29, 0.717) is 5.13 Å². The summed E-state index contributed by atoms with van der Waals surface area (Å²) in [4.78, 5) is 13.8. The third-order valence-corrected chi connectivity index (χ3v) is 4.76. The van der Waals surface area contributed by atoms with E-state index in [1.54, 1.807) is 18.2 Å². The maximum Gasteiger partial charge on any atom is 0.250 e. The summed E-state index contributed by atoms with van der Waals surface area (Å²) in [5.74, 6) is -0.508. The summed E-state index contributed by atoms with van der Waals surface area (Å²) in [7, 11) is 0. The summed E-state index contributed by atoms with van der Waals surface area (Å²) in [6.07, 6.45) is 3.19. The lowest BCUT2D eigenvalue weighted by molar-refractivity contribution is -0.111. The van der Waals surface area contributed by atoms with Crippen LogP contribution in [-0.2, 0) is 4.79 Å². The second kappa shape index (κ2) is 6.80. The summed E-state index contributed by atoms with van der Waals surface area (Å²) in [5.41, 5.74) is 0.949. The Balaban J connectivity index is 1.66. The van der Waals surface area contributed by atoms with Gasteiger partial charge in [0.25, 0.3) is 0 Å². The molecule has 1 N–H and O–H groups in total. The van der Waals surface area contributed by atoms with Gasteiger partial charge in [0.05, 0.1) is 0 Å². The zero-order chi connectivity index (χ0) is 16.2. The number of nitrogens with one attached hydrogen (secondary N) is 1. The topological polar surface area (TPSA) is 54.9 Å². The number of aromatic nitrogens is 2. The number of amides is 1. The van der Waals surface area contributed by atoms with E-state index >= 15 is 0 Å². The molecule has 116 valence electrons. The molecule has 2 aromatic heterocycles. The Kier molecular flexibility index (Phi) is 4.59. The number of halogens is 1. The third-order valence-electron chi connectivity index (χ3n) is 2.91. The number of hydrogen-bond donors (Lipinski definition) is 1. The van der Waals surface area contributed by atoms with Gasteiger partial charge in [-0.15, -0.1) is 21.5 Å². The number of carbonyl (C=O) groups is 1. The minimum atomic E-state index is -0.256. The number of thiophene rings is 1. The van der Waals surface area contributed by atoms with Crippen LogP contribution >= 0.6 is 22.7 Å². The van der Waals surface area contributed by atoms with Crippen LogP contribution in [-0.4, -0.2) is 16.1 Å². The number of rotatable bonds is 4. The van der Waals surface area contributed by atoms with Gasteiger partial charge in [-0.05, 0) is 42.8 Å². The van der Waals surface area contributed by atoms with E-state index < -0.39 is 0 Å². The first-order chi connectivity index (χ1) is 11.1. The number of hydrogen-bond acceptors (Lipinski definition) is 5. The highest BCUT2D eigenvalue weighted by Crippen LogP contribution is 2.28. The van der Waals surface area contributed by atoms with Gasteiger partial charge in [0.2, 0.25) is 11.0 Å². The Bertz CT molecular complexity index is 852. The number of aryl methyl sites for hydroxylation is 1. The van der Waals surface area contributed by atoms with Gasteiger partial charge in [-0.2, -0.15) is 0 Å². The molecule has 1 aromatic carbocycles. The Morgan fingerprint density at radius 1 is 1.13 bits per heavy atom. The van der Waals surface area contributed by atoms with Gasteiger partial charge in [0.1, 0.15) is 10.8 Å². The molecule has 0 aliphatic rings. The van der Waals surface area contributed by atoms with Crippen molar-refractivity contribution in [2.75, 3.05) is 5.32 Å². The van der Waals surface area contributed by atoms with Crippen LogP contribution in [0.2, 0.25) is 0 Å². The summed E-state index contributed by atoms with van der Waals surface area (Å²) in [5, 5.41) is 11.6. The van der Waals surface area contributed by atoms with Gasteiger partial charge in [0, 0.05) is 15.8 Å². The Morgan fingerprint density at radius 2 is 1.91 bits per heavy atom. The molecule has 0 atom stereocenters. The molecule has 0 radical (unpaired) electrons. The van der Waals surface area contributed by atoms with Gasteiger partial charge >= 0.3 is 0 Å². The maximum absolute atomic E-state index is 12.9. The van der Waals surface area contributed by atoms with E-state index in [1.165, 1.54) is 40.9 Å². The van der Waals surface area contributed by atoms with E-state index in [-0.39, 0.29) is 11.7 Å². The highest BCUT2D eigenvalue weighted by atomic mass is 32.1. The lowest BCUT2D eigenvalue weighted by atomic mass is 10.2. The molecule has 0 aliphatic heterocycles. The van der Waals surface area contributed by atoms with E-state index in [2.05, 4.69) is 15.5 Å². The summed E-state index contributed by atoms with van der Waals surface area (Å²) >= 11 is 2.85. The van der Waals surface area contributed by atoms with Crippen LogP contribution in [0.1, 0.15) is 9.88 Å². The quantitative estimate of drug-likeness (QED) is 0.715. The largest absolute Gasteiger partial charge is 0.297 e. The smallest absolute Gasteiger partial charge is 0.250 e. The van der Waals surface area contributed by atoms with Crippen LogP contribution in [0.3, 0.4) is 0 Å². The Morgan fingerprint density at radius 3 is 2.61 bits per heavy atom. The first-order valence-electron chi connectivity index (χ1n) is 6.75. The van der Waals surface area contributed by atoms with Gasteiger partial charge in [-0.3, -0.25) is 10.1 Å². The molecule has 0 spiro atoms. The van der Waals surface area contributed by atoms with Gasteiger partial charge in [-0.25, -0.2) is 4.39 Å². The maximum atomic E-state index is 12.9. The predicted octanol–water partition coefficient (Wildman–Crippen LogP) is 4.37. The molecule has 0 fully saturated rings. The molecule has 0 unspecified atom stereocenters.